The minimum absolute atomic E-state index is 0.334. The van der Waals surface area contributed by atoms with Crippen LogP contribution in [0, 0.1) is 13.8 Å². The average molecular weight is 223 g/mol. The Morgan fingerprint density at radius 2 is 2.07 bits per heavy atom. The van der Waals surface area contributed by atoms with Crippen LogP contribution in [-0.4, -0.2) is 11.8 Å². The first-order valence-electron chi connectivity index (χ1n) is 5.59. The molecule has 2 heteroatoms. The van der Waals surface area contributed by atoms with Crippen molar-refractivity contribution in [3.63, 3.8) is 0 Å². The highest BCUT2D eigenvalue weighted by Gasteiger charge is 2.04. The first-order chi connectivity index (χ1) is 7.13. The molecule has 1 atom stereocenters. The number of rotatable bonds is 5. The highest BCUT2D eigenvalue weighted by Crippen LogP contribution is 2.24. The maximum absolute atomic E-state index is 5.99. The predicted molar refractivity (Wildman–Crippen MR) is 69.5 cm³/mol. The lowest BCUT2D eigenvalue weighted by Gasteiger charge is -2.11. The number of aryl methyl sites for hydroxylation is 2. The van der Waals surface area contributed by atoms with Gasteiger partial charge in [0.05, 0.1) is 0 Å². The van der Waals surface area contributed by atoms with Crippen LogP contribution < -0.4 is 5.73 Å². The van der Waals surface area contributed by atoms with E-state index in [1.54, 1.807) is 0 Å². The molecule has 0 aliphatic rings. The third-order valence-corrected chi connectivity index (χ3v) is 3.81. The topological polar surface area (TPSA) is 26.0 Å². The fourth-order valence-electron chi connectivity index (χ4n) is 1.61. The molecule has 0 heterocycles. The number of benzene rings is 1. The van der Waals surface area contributed by atoms with Gasteiger partial charge in [0.25, 0.3) is 0 Å². The van der Waals surface area contributed by atoms with Gasteiger partial charge in [-0.3, -0.25) is 0 Å². The Hall–Kier alpha value is -0.470. The van der Waals surface area contributed by atoms with E-state index in [-0.39, 0.29) is 0 Å². The fraction of sp³-hybridized carbons (Fsp3) is 0.538. The van der Waals surface area contributed by atoms with Crippen molar-refractivity contribution in [3.05, 3.63) is 29.3 Å². The van der Waals surface area contributed by atoms with E-state index in [2.05, 4.69) is 39.0 Å². The van der Waals surface area contributed by atoms with Crippen molar-refractivity contribution in [1.82, 2.24) is 0 Å². The molecule has 0 aliphatic carbocycles. The molecule has 15 heavy (non-hydrogen) atoms. The van der Waals surface area contributed by atoms with Crippen LogP contribution in [0.5, 0.6) is 0 Å². The van der Waals surface area contributed by atoms with Crippen LogP contribution in [0.4, 0.5) is 0 Å². The van der Waals surface area contributed by atoms with E-state index in [0.29, 0.717) is 6.04 Å². The lowest BCUT2D eigenvalue weighted by atomic mass is 10.2. The highest BCUT2D eigenvalue weighted by molar-refractivity contribution is 7.99. The zero-order valence-corrected chi connectivity index (χ0v) is 10.7. The highest BCUT2D eigenvalue weighted by atomic mass is 32.2. The Bertz CT molecular complexity index is 309. The van der Waals surface area contributed by atoms with Gasteiger partial charge in [0.1, 0.15) is 0 Å². The van der Waals surface area contributed by atoms with Crippen LogP contribution >= 0.6 is 11.8 Å². The smallest absolute Gasteiger partial charge is 0.0133 e. The van der Waals surface area contributed by atoms with Gasteiger partial charge < -0.3 is 5.73 Å². The molecule has 0 saturated carbocycles. The Balaban J connectivity index is 2.50. The minimum atomic E-state index is 0.334. The van der Waals surface area contributed by atoms with Gasteiger partial charge in [-0.25, -0.2) is 0 Å². The van der Waals surface area contributed by atoms with Gasteiger partial charge >= 0.3 is 0 Å². The van der Waals surface area contributed by atoms with Crippen molar-refractivity contribution in [1.29, 1.82) is 0 Å². The molecule has 2 N–H and O–H groups in total. The van der Waals surface area contributed by atoms with Crippen molar-refractivity contribution < 1.29 is 0 Å². The summed E-state index contributed by atoms with van der Waals surface area (Å²) in [7, 11) is 0. The minimum Gasteiger partial charge on any atom is -0.327 e. The molecule has 0 aromatic heterocycles. The summed E-state index contributed by atoms with van der Waals surface area (Å²) < 4.78 is 0. The van der Waals surface area contributed by atoms with Gasteiger partial charge in [0.2, 0.25) is 0 Å². The molecule has 0 fully saturated rings. The number of hydrogen-bond acceptors (Lipinski definition) is 2. The maximum Gasteiger partial charge on any atom is 0.0133 e. The normalized spacial score (nSPS) is 12.8. The summed E-state index contributed by atoms with van der Waals surface area (Å²) in [5, 5.41) is 0. The first-order valence-corrected chi connectivity index (χ1v) is 6.57. The summed E-state index contributed by atoms with van der Waals surface area (Å²) in [5.74, 6) is 1.03. The van der Waals surface area contributed by atoms with Crippen LogP contribution in [-0.2, 0) is 0 Å². The summed E-state index contributed by atoms with van der Waals surface area (Å²) in [4.78, 5) is 1.37. The second-order valence-corrected chi connectivity index (χ2v) is 5.19. The van der Waals surface area contributed by atoms with E-state index in [1.165, 1.54) is 22.4 Å². The van der Waals surface area contributed by atoms with Gasteiger partial charge in [-0.15, -0.1) is 11.8 Å². The largest absolute Gasteiger partial charge is 0.327 e. The molecular formula is C13H21NS. The molecule has 1 nitrogen and oxygen atoms in total. The number of thioether (sulfide) groups is 1. The molecule has 1 aromatic rings. The lowest BCUT2D eigenvalue weighted by Crippen LogP contribution is -2.22. The third kappa shape index (κ3) is 4.27. The van der Waals surface area contributed by atoms with E-state index in [9.17, 15) is 0 Å². The van der Waals surface area contributed by atoms with E-state index in [1.807, 2.05) is 11.8 Å². The Morgan fingerprint density at radius 3 is 2.67 bits per heavy atom. The Morgan fingerprint density at radius 1 is 1.33 bits per heavy atom. The molecule has 0 radical (unpaired) electrons. The molecule has 84 valence electrons. The molecule has 1 aromatic carbocycles. The van der Waals surface area contributed by atoms with Gasteiger partial charge in [0, 0.05) is 16.7 Å². The molecule has 0 aliphatic heterocycles. The van der Waals surface area contributed by atoms with Gasteiger partial charge in [-0.1, -0.05) is 31.0 Å². The van der Waals surface area contributed by atoms with E-state index in [0.717, 1.165) is 12.2 Å². The summed E-state index contributed by atoms with van der Waals surface area (Å²) in [6.45, 7) is 6.48. The van der Waals surface area contributed by atoms with Crippen LogP contribution in [0.15, 0.2) is 23.1 Å². The fourth-order valence-corrected chi connectivity index (χ4v) is 2.62. The molecule has 1 rings (SSSR count). The lowest BCUT2D eigenvalue weighted by molar-refractivity contribution is 0.660. The zero-order chi connectivity index (χ0) is 11.3. The third-order valence-electron chi connectivity index (χ3n) is 2.44. The van der Waals surface area contributed by atoms with Crippen LogP contribution in [0.25, 0.3) is 0 Å². The van der Waals surface area contributed by atoms with E-state index in [4.69, 9.17) is 5.73 Å². The van der Waals surface area contributed by atoms with Gasteiger partial charge in [-0.2, -0.15) is 0 Å². The van der Waals surface area contributed by atoms with E-state index >= 15 is 0 Å². The zero-order valence-electron chi connectivity index (χ0n) is 9.92. The summed E-state index contributed by atoms with van der Waals surface area (Å²) in [5.41, 5.74) is 8.68. The molecule has 0 bridgehead atoms. The quantitative estimate of drug-likeness (QED) is 0.773. The second-order valence-electron chi connectivity index (χ2n) is 4.13. The van der Waals surface area contributed by atoms with Crippen molar-refractivity contribution in [2.24, 2.45) is 5.73 Å². The summed E-state index contributed by atoms with van der Waals surface area (Å²) in [6.07, 6.45) is 2.30. The SMILES string of the molecule is CCCC(N)CSc1ccc(C)cc1C. The van der Waals surface area contributed by atoms with Crippen LogP contribution in [0.1, 0.15) is 30.9 Å². The standard InChI is InChI=1S/C13H21NS/c1-4-5-12(14)9-15-13-7-6-10(2)8-11(13)3/h6-8,12H,4-5,9,14H2,1-3H3. The van der Waals surface area contributed by atoms with Crippen molar-refractivity contribution in [2.45, 2.75) is 44.6 Å². The molecular weight excluding hydrogens is 202 g/mol. The summed E-state index contributed by atoms with van der Waals surface area (Å²) in [6, 6.07) is 6.93. The van der Waals surface area contributed by atoms with E-state index < -0.39 is 0 Å². The maximum atomic E-state index is 5.99. The Labute approximate surface area is 97.4 Å². The monoisotopic (exact) mass is 223 g/mol. The first kappa shape index (κ1) is 12.6. The van der Waals surface area contributed by atoms with Crippen LogP contribution in [0.2, 0.25) is 0 Å². The summed E-state index contributed by atoms with van der Waals surface area (Å²) >= 11 is 1.88. The Kier molecular flexibility index (Phi) is 5.20. The number of nitrogens with two attached hydrogens (primary N) is 1. The molecule has 0 amide bonds. The van der Waals surface area contributed by atoms with Crippen molar-refractivity contribution in [3.8, 4) is 0 Å². The van der Waals surface area contributed by atoms with Gasteiger partial charge in [0.15, 0.2) is 0 Å². The van der Waals surface area contributed by atoms with Gasteiger partial charge in [-0.05, 0) is 31.9 Å². The van der Waals surface area contributed by atoms with Crippen molar-refractivity contribution in [2.75, 3.05) is 5.75 Å². The predicted octanol–water partition coefficient (Wildman–Crippen LogP) is 3.52. The van der Waals surface area contributed by atoms with Crippen LogP contribution in [0.3, 0.4) is 0 Å². The molecule has 1 unspecified atom stereocenters. The van der Waals surface area contributed by atoms with Crippen molar-refractivity contribution >= 4 is 11.8 Å². The second kappa shape index (κ2) is 6.19. The number of hydrogen-bond donors (Lipinski definition) is 1. The molecule has 0 saturated heterocycles. The molecule has 0 spiro atoms. The average Bonchev–Trinajstić information content (AvgIpc) is 2.17.